The van der Waals surface area contributed by atoms with Gasteiger partial charge in [0.1, 0.15) is 5.75 Å². The second-order valence-corrected chi connectivity index (χ2v) is 6.03. The van der Waals surface area contributed by atoms with Crippen LogP contribution < -0.4 is 15.8 Å². The van der Waals surface area contributed by atoms with Crippen LogP contribution in [0.5, 0.6) is 5.75 Å². The summed E-state index contributed by atoms with van der Waals surface area (Å²) < 4.78 is 7.23. The molecule has 0 spiro atoms. The lowest BCUT2D eigenvalue weighted by atomic mass is 10.2. The molecule has 0 saturated carbocycles. The van der Waals surface area contributed by atoms with E-state index in [1.807, 2.05) is 60.0 Å². The fourth-order valence-electron chi connectivity index (χ4n) is 2.67. The fourth-order valence-corrected chi connectivity index (χ4v) is 2.67. The highest BCUT2D eigenvalue weighted by molar-refractivity contribution is 5.92. The number of methoxy groups -OCH3 is 1. The third-order valence-corrected chi connectivity index (χ3v) is 3.95. The zero-order valence-corrected chi connectivity index (χ0v) is 15.6. The SMILES string of the molecule is COc1cccc(-n2c(NC(=O)CCC(C)N)nc3ccccc32)c1.Cl. The molecule has 7 heteroatoms. The Morgan fingerprint density at radius 2 is 2.04 bits per heavy atom. The zero-order chi connectivity index (χ0) is 17.8. The number of hydrogen-bond donors (Lipinski definition) is 2. The van der Waals surface area contributed by atoms with Crippen molar-refractivity contribution in [2.45, 2.75) is 25.8 Å². The number of amides is 1. The predicted octanol–water partition coefficient (Wildman–Crippen LogP) is 3.52. The minimum atomic E-state index is -0.100. The van der Waals surface area contributed by atoms with Crippen LogP contribution in [-0.4, -0.2) is 28.6 Å². The number of anilines is 1. The molecule has 2 aromatic carbocycles. The van der Waals surface area contributed by atoms with Gasteiger partial charge in [0, 0.05) is 18.5 Å². The summed E-state index contributed by atoms with van der Waals surface area (Å²) in [5.41, 5.74) is 8.33. The summed E-state index contributed by atoms with van der Waals surface area (Å²) in [5.74, 6) is 1.13. The van der Waals surface area contributed by atoms with E-state index in [0.717, 1.165) is 22.5 Å². The summed E-state index contributed by atoms with van der Waals surface area (Å²) in [5, 5.41) is 2.91. The summed E-state index contributed by atoms with van der Waals surface area (Å²) in [4.78, 5) is 16.8. The second-order valence-electron chi connectivity index (χ2n) is 6.03. The van der Waals surface area contributed by atoms with Gasteiger partial charge < -0.3 is 10.5 Å². The van der Waals surface area contributed by atoms with E-state index in [2.05, 4.69) is 10.3 Å². The number of halogens is 1. The van der Waals surface area contributed by atoms with Gasteiger partial charge in [-0.15, -0.1) is 12.4 Å². The molecule has 138 valence electrons. The average molecular weight is 375 g/mol. The number of nitrogens with zero attached hydrogens (tertiary/aromatic N) is 2. The first kappa shape index (κ1) is 19.8. The number of imidazole rings is 1. The van der Waals surface area contributed by atoms with E-state index in [0.29, 0.717) is 18.8 Å². The highest BCUT2D eigenvalue weighted by Gasteiger charge is 2.15. The molecule has 3 N–H and O–H groups in total. The molecule has 1 atom stereocenters. The Balaban J connectivity index is 0.00000243. The van der Waals surface area contributed by atoms with Crippen molar-refractivity contribution in [3.05, 3.63) is 48.5 Å². The molecular formula is C19H23ClN4O2. The first-order chi connectivity index (χ1) is 12.1. The van der Waals surface area contributed by atoms with Crippen molar-refractivity contribution in [1.82, 2.24) is 9.55 Å². The second kappa shape index (κ2) is 8.69. The number of nitrogens with one attached hydrogen (secondary N) is 1. The third kappa shape index (κ3) is 4.33. The van der Waals surface area contributed by atoms with Crippen LogP contribution in [0.25, 0.3) is 16.7 Å². The standard InChI is InChI=1S/C19H22N4O2.ClH/c1-13(20)10-11-18(24)22-19-21-16-8-3-4-9-17(16)23(19)14-6-5-7-15(12-14)25-2;/h3-9,12-13H,10-11,20H2,1-2H3,(H,21,22,24);1H. The smallest absolute Gasteiger partial charge is 0.226 e. The molecule has 6 nitrogen and oxygen atoms in total. The van der Waals surface area contributed by atoms with Crippen molar-refractivity contribution in [2.75, 3.05) is 12.4 Å². The minimum absolute atomic E-state index is 0. The molecule has 0 aliphatic rings. The lowest BCUT2D eigenvalue weighted by Gasteiger charge is -2.12. The van der Waals surface area contributed by atoms with Gasteiger partial charge in [0.2, 0.25) is 11.9 Å². The van der Waals surface area contributed by atoms with E-state index in [-0.39, 0.29) is 24.4 Å². The van der Waals surface area contributed by atoms with E-state index in [1.54, 1.807) is 7.11 Å². The number of aromatic nitrogens is 2. The minimum Gasteiger partial charge on any atom is -0.497 e. The Kier molecular flexibility index (Phi) is 6.60. The van der Waals surface area contributed by atoms with E-state index >= 15 is 0 Å². The number of rotatable bonds is 6. The van der Waals surface area contributed by atoms with Gasteiger partial charge >= 0.3 is 0 Å². The molecule has 1 amide bonds. The molecule has 3 aromatic rings. The number of ether oxygens (including phenoxy) is 1. The predicted molar refractivity (Wildman–Crippen MR) is 106 cm³/mol. The number of nitrogens with two attached hydrogens (primary N) is 1. The topological polar surface area (TPSA) is 82.2 Å². The van der Waals surface area contributed by atoms with Crippen molar-refractivity contribution < 1.29 is 9.53 Å². The number of carbonyl (C=O) groups excluding carboxylic acids is 1. The molecule has 0 aliphatic carbocycles. The Hall–Kier alpha value is -2.57. The number of carbonyl (C=O) groups is 1. The maximum absolute atomic E-state index is 12.3. The van der Waals surface area contributed by atoms with Gasteiger partial charge in [0.15, 0.2) is 0 Å². The maximum atomic E-state index is 12.3. The molecule has 1 heterocycles. The lowest BCUT2D eigenvalue weighted by molar-refractivity contribution is -0.116. The van der Waals surface area contributed by atoms with Gasteiger partial charge in [0.05, 0.1) is 23.8 Å². The van der Waals surface area contributed by atoms with Gasteiger partial charge in [-0.25, -0.2) is 4.98 Å². The van der Waals surface area contributed by atoms with Crippen LogP contribution >= 0.6 is 12.4 Å². The summed E-state index contributed by atoms with van der Waals surface area (Å²) >= 11 is 0. The molecule has 0 radical (unpaired) electrons. The van der Waals surface area contributed by atoms with Crippen LogP contribution in [0.3, 0.4) is 0 Å². The molecular weight excluding hydrogens is 352 g/mol. The van der Waals surface area contributed by atoms with Gasteiger partial charge in [-0.3, -0.25) is 14.7 Å². The molecule has 1 unspecified atom stereocenters. The summed E-state index contributed by atoms with van der Waals surface area (Å²) in [6, 6.07) is 15.4. The van der Waals surface area contributed by atoms with E-state index in [4.69, 9.17) is 10.5 Å². The van der Waals surface area contributed by atoms with Crippen molar-refractivity contribution >= 4 is 35.3 Å². The quantitative estimate of drug-likeness (QED) is 0.691. The Morgan fingerprint density at radius 3 is 2.77 bits per heavy atom. The van der Waals surface area contributed by atoms with Gasteiger partial charge in [-0.2, -0.15) is 0 Å². The molecule has 0 bridgehead atoms. The molecule has 1 aromatic heterocycles. The fraction of sp³-hybridized carbons (Fsp3) is 0.263. The highest BCUT2D eigenvalue weighted by Crippen LogP contribution is 2.26. The van der Waals surface area contributed by atoms with Crippen molar-refractivity contribution in [1.29, 1.82) is 0 Å². The van der Waals surface area contributed by atoms with E-state index in [1.165, 1.54) is 0 Å². The van der Waals surface area contributed by atoms with Crippen LogP contribution in [0.15, 0.2) is 48.5 Å². The van der Waals surface area contributed by atoms with E-state index in [9.17, 15) is 4.79 Å². The van der Waals surface area contributed by atoms with Crippen LogP contribution in [0, 0.1) is 0 Å². The van der Waals surface area contributed by atoms with Crippen LogP contribution in [-0.2, 0) is 4.79 Å². The maximum Gasteiger partial charge on any atom is 0.226 e. The third-order valence-electron chi connectivity index (χ3n) is 3.95. The first-order valence-electron chi connectivity index (χ1n) is 8.26. The normalized spacial score (nSPS) is 11.7. The van der Waals surface area contributed by atoms with Crippen LogP contribution in [0.1, 0.15) is 19.8 Å². The number of hydrogen-bond acceptors (Lipinski definition) is 4. The first-order valence-corrected chi connectivity index (χ1v) is 8.26. The summed E-state index contributed by atoms with van der Waals surface area (Å²) in [6.07, 6.45) is 0.990. The van der Waals surface area contributed by atoms with Gasteiger partial charge in [-0.1, -0.05) is 18.2 Å². The molecule has 26 heavy (non-hydrogen) atoms. The van der Waals surface area contributed by atoms with Crippen LogP contribution in [0.4, 0.5) is 5.95 Å². The van der Waals surface area contributed by atoms with Gasteiger partial charge in [0.25, 0.3) is 0 Å². The summed E-state index contributed by atoms with van der Waals surface area (Å²) in [6.45, 7) is 1.89. The van der Waals surface area contributed by atoms with Crippen molar-refractivity contribution in [3.63, 3.8) is 0 Å². The van der Waals surface area contributed by atoms with Gasteiger partial charge in [-0.05, 0) is 37.6 Å². The number of fused-ring (bicyclic) bond motifs is 1. The molecule has 0 fully saturated rings. The average Bonchev–Trinajstić information content (AvgIpc) is 2.97. The van der Waals surface area contributed by atoms with Crippen molar-refractivity contribution in [2.24, 2.45) is 5.73 Å². The monoisotopic (exact) mass is 374 g/mol. The largest absolute Gasteiger partial charge is 0.497 e. The van der Waals surface area contributed by atoms with Crippen LogP contribution in [0.2, 0.25) is 0 Å². The molecule has 0 saturated heterocycles. The molecule has 0 aliphatic heterocycles. The lowest BCUT2D eigenvalue weighted by Crippen LogP contribution is -2.20. The summed E-state index contributed by atoms with van der Waals surface area (Å²) in [7, 11) is 1.63. The zero-order valence-electron chi connectivity index (χ0n) is 14.8. The Labute approximate surface area is 158 Å². The van der Waals surface area contributed by atoms with Crippen molar-refractivity contribution in [3.8, 4) is 11.4 Å². The Bertz CT molecular complexity index is 892. The highest BCUT2D eigenvalue weighted by atomic mass is 35.5. The van der Waals surface area contributed by atoms with E-state index < -0.39 is 0 Å². The number of para-hydroxylation sites is 2. The molecule has 3 rings (SSSR count). The Morgan fingerprint density at radius 1 is 1.27 bits per heavy atom. The number of benzene rings is 2.